The molecule has 4 heteroatoms. The fourth-order valence-electron chi connectivity index (χ4n) is 2.34. The van der Waals surface area contributed by atoms with E-state index < -0.39 is 0 Å². The fraction of sp³-hybridized carbons (Fsp3) is 0.467. The number of carbonyl (C=O) groups excluding carboxylic acids is 1. The van der Waals surface area contributed by atoms with Gasteiger partial charge in [0.25, 0.3) is 5.91 Å². The Hall–Kier alpha value is -1.84. The van der Waals surface area contributed by atoms with Crippen molar-refractivity contribution < 1.29 is 4.79 Å². The maximum atomic E-state index is 12.6. The lowest BCUT2D eigenvalue weighted by Crippen LogP contribution is -2.38. The molecule has 1 aliphatic rings. The number of amides is 1. The summed E-state index contributed by atoms with van der Waals surface area (Å²) in [6, 6.07) is 5.90. The number of nitrogens with zero attached hydrogens (tertiary/aromatic N) is 2. The summed E-state index contributed by atoms with van der Waals surface area (Å²) >= 11 is 0. The molecule has 1 N–H and O–H groups in total. The van der Waals surface area contributed by atoms with Gasteiger partial charge in [-0.2, -0.15) is 0 Å². The molecule has 0 saturated heterocycles. The van der Waals surface area contributed by atoms with E-state index in [1.807, 2.05) is 23.1 Å². The molecule has 19 heavy (non-hydrogen) atoms. The summed E-state index contributed by atoms with van der Waals surface area (Å²) in [5.41, 5.74) is 2.56. The second-order valence-corrected chi connectivity index (χ2v) is 5.63. The number of rotatable bonds is 4. The Balaban J connectivity index is 1.86. The van der Waals surface area contributed by atoms with Gasteiger partial charge < -0.3 is 9.88 Å². The van der Waals surface area contributed by atoms with Crippen LogP contribution in [0.5, 0.6) is 0 Å². The SMILES string of the molecule is CC(C)N(CC1CC1)C(=O)c1ccc2nc[nH]c2c1. The maximum absolute atomic E-state index is 12.6. The highest BCUT2D eigenvalue weighted by Crippen LogP contribution is 2.31. The smallest absolute Gasteiger partial charge is 0.254 e. The van der Waals surface area contributed by atoms with Gasteiger partial charge in [0.05, 0.1) is 17.4 Å². The predicted octanol–water partition coefficient (Wildman–Crippen LogP) is 2.82. The van der Waals surface area contributed by atoms with Crippen LogP contribution < -0.4 is 0 Å². The zero-order valence-electron chi connectivity index (χ0n) is 11.4. The summed E-state index contributed by atoms with van der Waals surface area (Å²) in [7, 11) is 0. The molecule has 0 unspecified atom stereocenters. The Labute approximate surface area is 112 Å². The van der Waals surface area contributed by atoms with Crippen molar-refractivity contribution in [2.24, 2.45) is 5.92 Å². The van der Waals surface area contributed by atoms with Gasteiger partial charge in [-0.1, -0.05) is 0 Å². The van der Waals surface area contributed by atoms with E-state index in [-0.39, 0.29) is 11.9 Å². The van der Waals surface area contributed by atoms with Gasteiger partial charge in [0.15, 0.2) is 0 Å². The number of aromatic amines is 1. The third kappa shape index (κ3) is 2.48. The van der Waals surface area contributed by atoms with E-state index in [0.717, 1.165) is 23.1 Å². The quantitative estimate of drug-likeness (QED) is 0.915. The van der Waals surface area contributed by atoms with Crippen molar-refractivity contribution in [3.63, 3.8) is 0 Å². The summed E-state index contributed by atoms with van der Waals surface area (Å²) in [6.07, 6.45) is 4.18. The van der Waals surface area contributed by atoms with Gasteiger partial charge >= 0.3 is 0 Å². The van der Waals surface area contributed by atoms with Crippen LogP contribution in [0.3, 0.4) is 0 Å². The van der Waals surface area contributed by atoms with Crippen LogP contribution >= 0.6 is 0 Å². The molecule has 100 valence electrons. The molecule has 0 radical (unpaired) electrons. The number of hydrogen-bond acceptors (Lipinski definition) is 2. The second kappa shape index (κ2) is 4.68. The van der Waals surface area contributed by atoms with Crippen LogP contribution in [-0.4, -0.2) is 33.4 Å². The molecule has 0 atom stereocenters. The number of aromatic nitrogens is 2. The Bertz CT molecular complexity index is 598. The number of carbonyl (C=O) groups is 1. The number of H-pyrrole nitrogens is 1. The van der Waals surface area contributed by atoms with E-state index >= 15 is 0 Å². The highest BCUT2D eigenvalue weighted by atomic mass is 16.2. The van der Waals surface area contributed by atoms with E-state index in [9.17, 15) is 4.79 Å². The van der Waals surface area contributed by atoms with Crippen LogP contribution in [-0.2, 0) is 0 Å². The Kier molecular flexibility index (Phi) is 3.01. The molecule has 2 aromatic rings. The molecule has 1 fully saturated rings. The number of imidazole rings is 1. The van der Waals surface area contributed by atoms with Gasteiger partial charge in [-0.15, -0.1) is 0 Å². The van der Waals surface area contributed by atoms with Gasteiger partial charge in [-0.05, 0) is 50.8 Å². The van der Waals surface area contributed by atoms with Crippen molar-refractivity contribution in [3.8, 4) is 0 Å². The third-order valence-corrected chi connectivity index (χ3v) is 3.70. The molecule has 1 aromatic heterocycles. The van der Waals surface area contributed by atoms with Crippen molar-refractivity contribution in [3.05, 3.63) is 30.1 Å². The highest BCUT2D eigenvalue weighted by Gasteiger charge is 2.28. The second-order valence-electron chi connectivity index (χ2n) is 5.63. The molecule has 3 rings (SSSR count). The van der Waals surface area contributed by atoms with Crippen LogP contribution in [0.25, 0.3) is 11.0 Å². The number of benzene rings is 1. The predicted molar refractivity (Wildman–Crippen MR) is 75.0 cm³/mol. The van der Waals surface area contributed by atoms with Gasteiger partial charge in [0.2, 0.25) is 0 Å². The Morgan fingerprint density at radius 1 is 1.47 bits per heavy atom. The molecule has 1 aromatic carbocycles. The first-order chi connectivity index (χ1) is 9.15. The standard InChI is InChI=1S/C15H19N3O/c1-10(2)18(8-11-3-4-11)15(19)12-5-6-13-14(7-12)17-9-16-13/h5-7,9-11H,3-4,8H2,1-2H3,(H,16,17). The zero-order valence-corrected chi connectivity index (χ0v) is 11.4. The first kappa shape index (κ1) is 12.2. The van der Waals surface area contributed by atoms with E-state index in [1.54, 1.807) is 6.33 Å². The van der Waals surface area contributed by atoms with Crippen molar-refractivity contribution in [2.75, 3.05) is 6.54 Å². The fourth-order valence-corrected chi connectivity index (χ4v) is 2.34. The van der Waals surface area contributed by atoms with E-state index in [2.05, 4.69) is 23.8 Å². The summed E-state index contributed by atoms with van der Waals surface area (Å²) in [5, 5.41) is 0. The maximum Gasteiger partial charge on any atom is 0.254 e. The average Bonchev–Trinajstić information content (AvgIpc) is 3.09. The summed E-state index contributed by atoms with van der Waals surface area (Å²) in [6.45, 7) is 5.04. The molecule has 1 heterocycles. The molecule has 0 bridgehead atoms. The molecule has 0 aliphatic heterocycles. The summed E-state index contributed by atoms with van der Waals surface area (Å²) in [5.74, 6) is 0.834. The van der Waals surface area contributed by atoms with Crippen molar-refractivity contribution >= 4 is 16.9 Å². The highest BCUT2D eigenvalue weighted by molar-refractivity contribution is 5.97. The lowest BCUT2D eigenvalue weighted by molar-refractivity contribution is 0.0696. The molecule has 1 aliphatic carbocycles. The van der Waals surface area contributed by atoms with Crippen molar-refractivity contribution in [2.45, 2.75) is 32.7 Å². The van der Waals surface area contributed by atoms with Crippen molar-refractivity contribution in [1.82, 2.24) is 14.9 Å². The van der Waals surface area contributed by atoms with Gasteiger partial charge in [-0.3, -0.25) is 4.79 Å². The summed E-state index contributed by atoms with van der Waals surface area (Å²) in [4.78, 5) is 21.8. The Morgan fingerprint density at radius 2 is 2.26 bits per heavy atom. The molecule has 0 spiro atoms. The zero-order chi connectivity index (χ0) is 13.4. The minimum atomic E-state index is 0.124. The lowest BCUT2D eigenvalue weighted by atomic mass is 10.1. The Morgan fingerprint density at radius 3 is 2.95 bits per heavy atom. The van der Waals surface area contributed by atoms with Gasteiger partial charge in [0, 0.05) is 18.2 Å². The molecule has 1 amide bonds. The molecular formula is C15H19N3O. The summed E-state index contributed by atoms with van der Waals surface area (Å²) < 4.78 is 0. The number of fused-ring (bicyclic) bond motifs is 1. The minimum absolute atomic E-state index is 0.124. The van der Waals surface area contributed by atoms with Crippen LogP contribution in [0.4, 0.5) is 0 Å². The number of nitrogens with one attached hydrogen (secondary N) is 1. The monoisotopic (exact) mass is 257 g/mol. The molecule has 1 saturated carbocycles. The minimum Gasteiger partial charge on any atom is -0.345 e. The molecule has 4 nitrogen and oxygen atoms in total. The van der Waals surface area contributed by atoms with E-state index in [0.29, 0.717) is 5.92 Å². The van der Waals surface area contributed by atoms with Gasteiger partial charge in [-0.25, -0.2) is 4.98 Å². The normalized spacial score (nSPS) is 15.1. The van der Waals surface area contributed by atoms with Crippen LogP contribution in [0.15, 0.2) is 24.5 Å². The number of hydrogen-bond donors (Lipinski definition) is 1. The topological polar surface area (TPSA) is 49.0 Å². The van der Waals surface area contributed by atoms with Crippen LogP contribution in [0.1, 0.15) is 37.0 Å². The average molecular weight is 257 g/mol. The third-order valence-electron chi connectivity index (χ3n) is 3.70. The first-order valence-electron chi connectivity index (χ1n) is 6.89. The first-order valence-corrected chi connectivity index (χ1v) is 6.89. The van der Waals surface area contributed by atoms with E-state index in [4.69, 9.17) is 0 Å². The largest absolute Gasteiger partial charge is 0.345 e. The van der Waals surface area contributed by atoms with Crippen LogP contribution in [0.2, 0.25) is 0 Å². The van der Waals surface area contributed by atoms with Gasteiger partial charge in [0.1, 0.15) is 0 Å². The van der Waals surface area contributed by atoms with Crippen molar-refractivity contribution in [1.29, 1.82) is 0 Å². The lowest BCUT2D eigenvalue weighted by Gasteiger charge is -2.27. The van der Waals surface area contributed by atoms with E-state index in [1.165, 1.54) is 12.8 Å². The van der Waals surface area contributed by atoms with Crippen LogP contribution in [0, 0.1) is 5.92 Å². The molecular weight excluding hydrogens is 238 g/mol.